The molecule has 2 heterocycles. The van der Waals surface area contributed by atoms with Crippen LogP contribution in [0.25, 0.3) is 0 Å². The van der Waals surface area contributed by atoms with Gasteiger partial charge in [-0.05, 0) is 18.4 Å². The highest BCUT2D eigenvalue weighted by Crippen LogP contribution is 2.62. The van der Waals surface area contributed by atoms with E-state index < -0.39 is 23.1 Å². The smallest absolute Gasteiger partial charge is 0.395 e. The van der Waals surface area contributed by atoms with E-state index in [1.165, 1.54) is 0 Å². The number of benzene rings is 1. The van der Waals surface area contributed by atoms with Gasteiger partial charge in [0.25, 0.3) is 0 Å². The lowest BCUT2D eigenvalue weighted by Gasteiger charge is -2.44. The minimum Gasteiger partial charge on any atom is -0.459 e. The van der Waals surface area contributed by atoms with Crippen LogP contribution in [0.2, 0.25) is 0 Å². The van der Waals surface area contributed by atoms with E-state index in [0.717, 1.165) is 5.56 Å². The number of carbonyl (C=O) groups excluding carboxylic acids is 1. The molecule has 1 N–H and O–H groups in total. The third-order valence-electron chi connectivity index (χ3n) is 4.25. The minimum absolute atomic E-state index is 0.0854. The molecule has 108 valence electrons. The first-order valence-electron chi connectivity index (χ1n) is 6.40. The molecule has 1 aromatic carbocycles. The SMILES string of the molecule is O=C(OCc1ccccc1)C12CC(C(F)(F)F)(CN1)C2. The fraction of sp³-hybridized carbons (Fsp3) is 0.500. The zero-order valence-corrected chi connectivity index (χ0v) is 10.7. The Morgan fingerprint density at radius 2 is 1.90 bits per heavy atom. The van der Waals surface area contributed by atoms with Crippen molar-refractivity contribution in [2.24, 2.45) is 5.41 Å². The van der Waals surface area contributed by atoms with E-state index >= 15 is 0 Å². The van der Waals surface area contributed by atoms with Crippen LogP contribution < -0.4 is 5.32 Å². The van der Waals surface area contributed by atoms with Crippen LogP contribution in [-0.2, 0) is 16.1 Å². The molecule has 2 saturated heterocycles. The topological polar surface area (TPSA) is 38.3 Å². The van der Waals surface area contributed by atoms with Gasteiger partial charge < -0.3 is 10.1 Å². The summed E-state index contributed by atoms with van der Waals surface area (Å²) in [7, 11) is 0. The molecule has 3 nitrogen and oxygen atoms in total. The van der Waals surface area contributed by atoms with Gasteiger partial charge in [0.1, 0.15) is 12.1 Å². The second-order valence-electron chi connectivity index (χ2n) is 5.63. The summed E-state index contributed by atoms with van der Waals surface area (Å²) in [5, 5.41) is 2.70. The molecule has 1 aromatic rings. The predicted octanol–water partition coefficient (Wildman–Crippen LogP) is 2.41. The Labute approximate surface area is 114 Å². The van der Waals surface area contributed by atoms with Crippen molar-refractivity contribution in [1.82, 2.24) is 5.32 Å². The van der Waals surface area contributed by atoms with Gasteiger partial charge >= 0.3 is 12.1 Å². The van der Waals surface area contributed by atoms with Gasteiger partial charge in [-0.15, -0.1) is 0 Å². The molecule has 0 atom stereocenters. The lowest BCUT2D eigenvalue weighted by molar-refractivity contribution is -0.244. The standard InChI is InChI=1S/C14H14F3NO2/c15-14(16,17)12-7-13(8-12,18-9-12)11(19)20-6-10-4-2-1-3-5-10/h1-5,18H,6-9H2. The normalized spacial score (nSPS) is 31.8. The molecule has 0 unspecified atom stereocenters. The second-order valence-corrected chi connectivity index (χ2v) is 5.63. The Morgan fingerprint density at radius 1 is 1.25 bits per heavy atom. The summed E-state index contributed by atoms with van der Waals surface area (Å²) in [6.07, 6.45) is -4.69. The highest BCUT2D eigenvalue weighted by atomic mass is 19.4. The number of alkyl halides is 3. The molecule has 0 radical (unpaired) electrons. The fourth-order valence-corrected chi connectivity index (χ4v) is 3.07. The highest BCUT2D eigenvalue weighted by Gasteiger charge is 2.75. The molecule has 1 aliphatic carbocycles. The van der Waals surface area contributed by atoms with E-state index in [1.807, 2.05) is 18.2 Å². The first kappa shape index (κ1) is 13.4. The summed E-state index contributed by atoms with van der Waals surface area (Å²) >= 11 is 0. The lowest BCUT2D eigenvalue weighted by atomic mass is 9.61. The maximum Gasteiger partial charge on any atom is 0.395 e. The Kier molecular flexibility index (Phi) is 2.83. The summed E-state index contributed by atoms with van der Waals surface area (Å²) in [5.74, 6) is -0.585. The third kappa shape index (κ3) is 1.90. The van der Waals surface area contributed by atoms with Crippen molar-refractivity contribution < 1.29 is 22.7 Å². The van der Waals surface area contributed by atoms with Crippen molar-refractivity contribution in [1.29, 1.82) is 0 Å². The van der Waals surface area contributed by atoms with E-state index in [9.17, 15) is 18.0 Å². The quantitative estimate of drug-likeness (QED) is 0.867. The van der Waals surface area contributed by atoms with E-state index in [1.54, 1.807) is 12.1 Å². The predicted molar refractivity (Wildman–Crippen MR) is 64.7 cm³/mol. The number of ether oxygens (including phenoxy) is 1. The molecular formula is C14H14F3NO2. The number of hydrogen-bond acceptors (Lipinski definition) is 3. The van der Waals surface area contributed by atoms with Crippen LogP contribution in [0.4, 0.5) is 13.2 Å². The van der Waals surface area contributed by atoms with E-state index in [2.05, 4.69) is 5.32 Å². The molecule has 0 aromatic heterocycles. The Hall–Kier alpha value is -1.56. The number of halogens is 3. The average Bonchev–Trinajstić information content (AvgIpc) is 2.93. The Morgan fingerprint density at radius 3 is 2.45 bits per heavy atom. The van der Waals surface area contributed by atoms with Gasteiger partial charge in [0, 0.05) is 6.54 Å². The van der Waals surface area contributed by atoms with Gasteiger partial charge in [-0.25, -0.2) is 0 Å². The number of nitrogens with one attached hydrogen (secondary N) is 1. The van der Waals surface area contributed by atoms with Crippen LogP contribution in [0.1, 0.15) is 18.4 Å². The first-order valence-corrected chi connectivity index (χ1v) is 6.40. The second kappa shape index (κ2) is 4.22. The molecule has 6 heteroatoms. The Bertz CT molecular complexity index is 521. The van der Waals surface area contributed by atoms with Crippen LogP contribution in [-0.4, -0.2) is 24.2 Å². The zero-order chi connectivity index (χ0) is 14.4. The monoisotopic (exact) mass is 285 g/mol. The number of esters is 1. The molecular weight excluding hydrogens is 271 g/mol. The summed E-state index contributed by atoms with van der Waals surface area (Å²) in [6, 6.07) is 9.06. The Balaban J connectivity index is 1.61. The molecule has 20 heavy (non-hydrogen) atoms. The first-order chi connectivity index (χ1) is 9.37. The van der Waals surface area contributed by atoms with Crippen LogP contribution in [0.5, 0.6) is 0 Å². The van der Waals surface area contributed by atoms with Crippen molar-refractivity contribution in [3.63, 3.8) is 0 Å². The number of carbonyl (C=O) groups is 1. The molecule has 4 rings (SSSR count). The molecule has 1 saturated carbocycles. The number of fused-ring (bicyclic) bond motifs is 1. The van der Waals surface area contributed by atoms with E-state index in [4.69, 9.17) is 4.74 Å². The van der Waals surface area contributed by atoms with Crippen LogP contribution in [0, 0.1) is 5.41 Å². The van der Waals surface area contributed by atoms with Crippen LogP contribution in [0.3, 0.4) is 0 Å². The van der Waals surface area contributed by atoms with Crippen LogP contribution >= 0.6 is 0 Å². The largest absolute Gasteiger partial charge is 0.459 e. The van der Waals surface area contributed by atoms with Crippen molar-refractivity contribution in [2.75, 3.05) is 6.54 Å². The molecule has 0 amide bonds. The lowest BCUT2D eigenvalue weighted by Crippen LogP contribution is -2.58. The third-order valence-corrected chi connectivity index (χ3v) is 4.25. The number of rotatable bonds is 3. The van der Waals surface area contributed by atoms with Crippen LogP contribution in [0.15, 0.2) is 30.3 Å². The van der Waals surface area contributed by atoms with Gasteiger partial charge in [-0.1, -0.05) is 30.3 Å². The summed E-state index contributed by atoms with van der Waals surface area (Å²) in [4.78, 5) is 12.0. The fourth-order valence-electron chi connectivity index (χ4n) is 3.07. The van der Waals surface area contributed by atoms with Crippen molar-refractivity contribution in [2.45, 2.75) is 31.2 Å². The van der Waals surface area contributed by atoms with Gasteiger partial charge in [-0.3, -0.25) is 4.79 Å². The molecule has 3 fully saturated rings. The minimum atomic E-state index is -4.26. The average molecular weight is 285 g/mol. The summed E-state index contributed by atoms with van der Waals surface area (Å²) < 4.78 is 43.8. The van der Waals surface area contributed by atoms with Gasteiger partial charge in [0.05, 0.1) is 5.41 Å². The summed E-state index contributed by atoms with van der Waals surface area (Å²) in [6.45, 7) is -0.112. The maximum absolute atomic E-state index is 12.9. The number of hydrogen-bond donors (Lipinski definition) is 1. The van der Waals surface area contributed by atoms with E-state index in [0.29, 0.717) is 0 Å². The summed E-state index contributed by atoms with van der Waals surface area (Å²) in [5.41, 5.74) is -2.06. The molecule has 2 aliphatic heterocycles. The van der Waals surface area contributed by atoms with Gasteiger partial charge in [-0.2, -0.15) is 13.2 Å². The van der Waals surface area contributed by atoms with E-state index in [-0.39, 0.29) is 26.0 Å². The highest BCUT2D eigenvalue weighted by molar-refractivity contribution is 5.83. The maximum atomic E-state index is 12.9. The van der Waals surface area contributed by atoms with Crippen molar-refractivity contribution in [3.8, 4) is 0 Å². The molecule has 0 spiro atoms. The van der Waals surface area contributed by atoms with Gasteiger partial charge in [0.15, 0.2) is 0 Å². The zero-order valence-electron chi connectivity index (χ0n) is 10.7. The molecule has 3 aliphatic rings. The van der Waals surface area contributed by atoms with Crippen molar-refractivity contribution >= 4 is 5.97 Å². The van der Waals surface area contributed by atoms with Crippen molar-refractivity contribution in [3.05, 3.63) is 35.9 Å². The molecule has 2 bridgehead atoms. The van der Waals surface area contributed by atoms with Gasteiger partial charge in [0.2, 0.25) is 0 Å².